The molecule has 0 aliphatic carbocycles. The average Bonchev–Trinajstić information content (AvgIpc) is 2.88. The van der Waals surface area contributed by atoms with Crippen molar-refractivity contribution >= 4 is 17.7 Å². The van der Waals surface area contributed by atoms with Crippen molar-refractivity contribution in [3.8, 4) is 0 Å². The van der Waals surface area contributed by atoms with E-state index >= 15 is 0 Å². The zero-order valence-electron chi connectivity index (χ0n) is 17.7. The van der Waals surface area contributed by atoms with Gasteiger partial charge in [-0.3, -0.25) is 0 Å². The van der Waals surface area contributed by atoms with E-state index in [0.29, 0.717) is 5.56 Å². The van der Waals surface area contributed by atoms with Crippen molar-refractivity contribution in [1.29, 1.82) is 0 Å². The number of hydrogen-bond acceptors (Lipinski definition) is 7. The Kier molecular flexibility index (Phi) is 6.75. The van der Waals surface area contributed by atoms with Gasteiger partial charge in [-0.2, -0.15) is 0 Å². The molecule has 1 N–H and O–H groups in total. The van der Waals surface area contributed by atoms with E-state index in [-0.39, 0.29) is 6.61 Å². The lowest BCUT2D eigenvalue weighted by molar-refractivity contribution is -0.317. The predicted octanol–water partition coefficient (Wildman–Crippen LogP) is 4.20. The molecule has 2 aliphatic rings. The monoisotopic (exact) mass is 464 g/mol. The molecule has 0 amide bonds. The quantitative estimate of drug-likeness (QED) is 0.567. The SMILES string of the molecule is O=C(OC1C(O)[C@@H](Sc2ccccc2)OC2COC(c3ccccc3)O[C@@H]21)c1ccccc1. The Balaban J connectivity index is 1.40. The highest BCUT2D eigenvalue weighted by Gasteiger charge is 2.51. The van der Waals surface area contributed by atoms with Gasteiger partial charge in [0, 0.05) is 10.5 Å². The molecule has 6 nitrogen and oxygen atoms in total. The van der Waals surface area contributed by atoms with E-state index in [1.165, 1.54) is 11.8 Å². The van der Waals surface area contributed by atoms with Gasteiger partial charge < -0.3 is 24.1 Å². The largest absolute Gasteiger partial charge is 0.453 e. The molecular formula is C26H24O6S. The van der Waals surface area contributed by atoms with Crippen LogP contribution in [0, 0.1) is 0 Å². The maximum atomic E-state index is 12.9. The maximum absolute atomic E-state index is 12.9. The zero-order valence-corrected chi connectivity index (χ0v) is 18.5. The average molecular weight is 465 g/mol. The van der Waals surface area contributed by atoms with Crippen molar-refractivity contribution in [2.45, 2.75) is 41.0 Å². The molecule has 6 atom stereocenters. The highest BCUT2D eigenvalue weighted by atomic mass is 32.2. The molecule has 33 heavy (non-hydrogen) atoms. The van der Waals surface area contributed by atoms with Crippen LogP contribution in [-0.2, 0) is 18.9 Å². The van der Waals surface area contributed by atoms with Crippen LogP contribution in [0.15, 0.2) is 95.9 Å². The fourth-order valence-electron chi connectivity index (χ4n) is 3.97. The fourth-order valence-corrected chi connectivity index (χ4v) is 5.05. The second-order valence-electron chi connectivity index (χ2n) is 7.88. The molecule has 2 heterocycles. The van der Waals surface area contributed by atoms with E-state index < -0.39 is 42.1 Å². The van der Waals surface area contributed by atoms with Gasteiger partial charge in [-0.15, -0.1) is 0 Å². The minimum atomic E-state index is -1.10. The van der Waals surface area contributed by atoms with E-state index in [1.54, 1.807) is 24.3 Å². The second kappa shape index (κ2) is 10.1. The fraction of sp³-hybridized carbons (Fsp3) is 0.269. The molecule has 2 saturated heterocycles. The highest BCUT2D eigenvalue weighted by molar-refractivity contribution is 7.99. The van der Waals surface area contributed by atoms with Gasteiger partial charge in [0.15, 0.2) is 12.4 Å². The molecule has 0 spiro atoms. The molecule has 2 aliphatic heterocycles. The number of esters is 1. The van der Waals surface area contributed by atoms with Crippen LogP contribution in [0.1, 0.15) is 22.2 Å². The van der Waals surface area contributed by atoms with Crippen molar-refractivity contribution in [2.24, 2.45) is 0 Å². The first-order valence-electron chi connectivity index (χ1n) is 10.8. The summed E-state index contributed by atoms with van der Waals surface area (Å²) in [5, 5.41) is 11.2. The number of ether oxygens (including phenoxy) is 4. The molecule has 2 fully saturated rings. The Morgan fingerprint density at radius 2 is 1.52 bits per heavy atom. The van der Waals surface area contributed by atoms with E-state index in [4.69, 9.17) is 18.9 Å². The van der Waals surface area contributed by atoms with Crippen molar-refractivity contribution in [2.75, 3.05) is 6.61 Å². The van der Waals surface area contributed by atoms with E-state index in [9.17, 15) is 9.90 Å². The Hall–Kier alpha value is -2.68. The summed E-state index contributed by atoms with van der Waals surface area (Å²) in [6.45, 7) is 0.252. The lowest BCUT2D eigenvalue weighted by Crippen LogP contribution is -2.62. The van der Waals surface area contributed by atoms with E-state index in [0.717, 1.165) is 10.5 Å². The third kappa shape index (κ3) is 4.98. The molecule has 0 radical (unpaired) electrons. The van der Waals surface area contributed by atoms with Gasteiger partial charge in [-0.05, 0) is 24.3 Å². The van der Waals surface area contributed by atoms with Gasteiger partial charge in [0.1, 0.15) is 23.7 Å². The van der Waals surface area contributed by atoms with E-state index in [2.05, 4.69) is 0 Å². The van der Waals surface area contributed by atoms with Crippen LogP contribution in [0.25, 0.3) is 0 Å². The summed E-state index contributed by atoms with van der Waals surface area (Å²) in [6, 6.07) is 27.9. The summed E-state index contributed by atoms with van der Waals surface area (Å²) in [7, 11) is 0. The molecule has 0 bridgehead atoms. The summed E-state index contributed by atoms with van der Waals surface area (Å²) in [4.78, 5) is 13.8. The summed E-state index contributed by atoms with van der Waals surface area (Å²) in [6.07, 6.45) is -3.84. The standard InChI is InChI=1S/C26H24O6S/c27-21-23(31-24(28)17-10-4-1-5-11-17)22-20(30-26(21)33-19-14-8-3-9-15-19)16-29-25(32-22)18-12-6-2-7-13-18/h1-15,20-23,25-27H,16H2/t20?,21?,22-,23?,25?,26+/m0/s1. The maximum Gasteiger partial charge on any atom is 0.338 e. The van der Waals surface area contributed by atoms with Crippen molar-refractivity contribution in [3.05, 3.63) is 102 Å². The second-order valence-corrected chi connectivity index (χ2v) is 9.05. The lowest BCUT2D eigenvalue weighted by atomic mass is 9.98. The van der Waals surface area contributed by atoms with Crippen molar-refractivity contribution in [3.63, 3.8) is 0 Å². The first kappa shape index (κ1) is 22.1. The summed E-state index contributed by atoms with van der Waals surface area (Å²) in [5.41, 5.74) is 0.605. The van der Waals surface area contributed by atoms with Crippen LogP contribution in [-0.4, -0.2) is 47.5 Å². The minimum absolute atomic E-state index is 0.252. The van der Waals surface area contributed by atoms with Crippen LogP contribution < -0.4 is 0 Å². The van der Waals surface area contributed by atoms with Gasteiger partial charge >= 0.3 is 5.97 Å². The molecular weight excluding hydrogens is 440 g/mol. The molecule has 4 unspecified atom stereocenters. The molecule has 170 valence electrons. The van der Waals surface area contributed by atoms with Gasteiger partial charge in [-0.1, -0.05) is 78.5 Å². The Bertz CT molecular complexity index is 1050. The van der Waals surface area contributed by atoms with Crippen LogP contribution in [0.2, 0.25) is 0 Å². The number of carbonyl (C=O) groups is 1. The van der Waals surface area contributed by atoms with Crippen LogP contribution in [0.3, 0.4) is 0 Å². The minimum Gasteiger partial charge on any atom is -0.453 e. The van der Waals surface area contributed by atoms with E-state index in [1.807, 2.05) is 66.7 Å². The molecule has 3 aromatic rings. The van der Waals surface area contributed by atoms with Gasteiger partial charge in [-0.25, -0.2) is 4.79 Å². The third-order valence-corrected chi connectivity index (χ3v) is 6.79. The number of hydrogen-bond donors (Lipinski definition) is 1. The highest BCUT2D eigenvalue weighted by Crippen LogP contribution is 2.40. The molecule has 0 saturated carbocycles. The summed E-state index contributed by atoms with van der Waals surface area (Å²) >= 11 is 1.38. The number of aliphatic hydroxyl groups is 1. The number of carbonyl (C=O) groups excluding carboxylic acids is 1. The van der Waals surface area contributed by atoms with Crippen molar-refractivity contribution in [1.82, 2.24) is 0 Å². The smallest absolute Gasteiger partial charge is 0.338 e. The van der Waals surface area contributed by atoms with Crippen LogP contribution >= 0.6 is 11.8 Å². The molecule has 5 rings (SSSR count). The van der Waals surface area contributed by atoms with Gasteiger partial charge in [0.05, 0.1) is 12.2 Å². The third-order valence-electron chi connectivity index (χ3n) is 5.63. The Labute approximate surface area is 196 Å². The molecule has 0 aromatic heterocycles. The summed E-state index contributed by atoms with van der Waals surface area (Å²) < 4.78 is 24.2. The summed E-state index contributed by atoms with van der Waals surface area (Å²) in [5.74, 6) is -0.518. The first-order chi connectivity index (χ1) is 16.2. The number of benzene rings is 3. The molecule has 3 aromatic carbocycles. The van der Waals surface area contributed by atoms with Crippen molar-refractivity contribution < 1.29 is 28.8 Å². The Morgan fingerprint density at radius 1 is 0.879 bits per heavy atom. The molecule has 7 heteroatoms. The number of thioether (sulfide) groups is 1. The number of fused-ring (bicyclic) bond motifs is 1. The zero-order chi connectivity index (χ0) is 22.6. The lowest BCUT2D eigenvalue weighted by Gasteiger charge is -2.47. The number of aliphatic hydroxyl groups excluding tert-OH is 1. The number of rotatable bonds is 5. The van der Waals surface area contributed by atoms with Crippen LogP contribution in [0.4, 0.5) is 0 Å². The van der Waals surface area contributed by atoms with Gasteiger partial charge in [0.25, 0.3) is 0 Å². The topological polar surface area (TPSA) is 74.2 Å². The Morgan fingerprint density at radius 3 is 2.21 bits per heavy atom. The van der Waals surface area contributed by atoms with Gasteiger partial charge in [0.2, 0.25) is 0 Å². The van der Waals surface area contributed by atoms with Crippen LogP contribution in [0.5, 0.6) is 0 Å². The first-order valence-corrected chi connectivity index (χ1v) is 11.7. The predicted molar refractivity (Wildman–Crippen MR) is 123 cm³/mol. The normalized spacial score (nSPS) is 29.1.